The van der Waals surface area contributed by atoms with Gasteiger partial charge in [0.15, 0.2) is 11.4 Å². The fourth-order valence-corrected chi connectivity index (χ4v) is 3.68. The molecule has 6 heteroatoms. The minimum atomic E-state index is -0.448. The molecular weight excluding hydrogens is 366 g/mol. The Morgan fingerprint density at radius 2 is 1.62 bits per heavy atom. The highest BCUT2D eigenvalue weighted by Gasteiger charge is 2.35. The molecule has 2 aromatic carbocycles. The Morgan fingerprint density at radius 3 is 2.24 bits per heavy atom. The number of aryl methyl sites for hydroxylation is 1. The summed E-state index contributed by atoms with van der Waals surface area (Å²) in [7, 11) is 0. The van der Waals surface area contributed by atoms with E-state index in [1.165, 1.54) is 0 Å². The van der Waals surface area contributed by atoms with E-state index in [2.05, 4.69) is 5.10 Å². The Hall–Kier alpha value is -3.67. The Balaban J connectivity index is 2.02. The molecule has 0 atom stereocenters. The summed E-state index contributed by atoms with van der Waals surface area (Å²) in [6.07, 6.45) is 0. The lowest BCUT2D eigenvalue weighted by atomic mass is 10.0. The molecular formula is C23H22N3O3+. The standard InChI is InChI=1S/C23H21N3O3/c1-4-29-23(28)19-15(2)20(21(27)17-11-7-5-8-12-17)25-16(3)26(24-22(19)25)18-13-9-6-10-14-18/h5-14H,4H2,1-3H3/p+1. The Labute approximate surface area is 168 Å². The third-order valence-corrected chi connectivity index (χ3v) is 5.02. The van der Waals surface area contributed by atoms with Crippen LogP contribution in [0.15, 0.2) is 60.7 Å². The highest BCUT2D eigenvalue weighted by Crippen LogP contribution is 2.26. The third kappa shape index (κ3) is 3.02. The van der Waals surface area contributed by atoms with Gasteiger partial charge in [0.25, 0.3) is 11.5 Å². The van der Waals surface area contributed by atoms with E-state index >= 15 is 0 Å². The lowest BCUT2D eigenvalue weighted by Crippen LogP contribution is -2.36. The Kier molecular flexibility index (Phi) is 4.76. The zero-order valence-electron chi connectivity index (χ0n) is 16.6. The second-order valence-electron chi connectivity index (χ2n) is 6.78. The molecule has 0 aliphatic carbocycles. The molecule has 6 nitrogen and oxygen atoms in total. The molecule has 0 aliphatic heterocycles. The number of carbonyl (C=O) groups is 2. The maximum atomic E-state index is 13.4. The largest absolute Gasteiger partial charge is 0.462 e. The molecule has 0 aliphatic rings. The zero-order valence-corrected chi connectivity index (χ0v) is 16.6. The van der Waals surface area contributed by atoms with Gasteiger partial charge in [-0.2, -0.15) is 9.50 Å². The molecule has 146 valence electrons. The van der Waals surface area contributed by atoms with E-state index in [-0.39, 0.29) is 12.4 Å². The summed E-state index contributed by atoms with van der Waals surface area (Å²) in [6, 6.07) is 18.8. The minimum Gasteiger partial charge on any atom is -0.462 e. The van der Waals surface area contributed by atoms with Crippen LogP contribution < -0.4 is 4.68 Å². The van der Waals surface area contributed by atoms with Crippen molar-refractivity contribution in [2.75, 3.05) is 6.61 Å². The molecule has 4 rings (SSSR count). The van der Waals surface area contributed by atoms with Crippen LogP contribution in [-0.4, -0.2) is 27.9 Å². The van der Waals surface area contributed by atoms with Crippen LogP contribution in [0.2, 0.25) is 0 Å². The first kappa shape index (κ1) is 18.7. The minimum absolute atomic E-state index is 0.143. The number of H-pyrrole nitrogens is 1. The van der Waals surface area contributed by atoms with Crippen LogP contribution in [0.3, 0.4) is 0 Å². The summed E-state index contributed by atoms with van der Waals surface area (Å²) in [4.78, 5) is 26.1. The molecule has 0 spiro atoms. The predicted molar refractivity (Wildman–Crippen MR) is 109 cm³/mol. The predicted octanol–water partition coefficient (Wildman–Crippen LogP) is 3.57. The second-order valence-corrected chi connectivity index (χ2v) is 6.78. The van der Waals surface area contributed by atoms with Crippen molar-refractivity contribution in [3.05, 3.63) is 88.9 Å². The van der Waals surface area contributed by atoms with Gasteiger partial charge in [-0.15, -0.1) is 4.68 Å². The smallest absolute Gasteiger partial charge is 0.344 e. The lowest BCUT2D eigenvalue weighted by molar-refractivity contribution is -0.662. The number of ether oxygens (including phenoxy) is 1. The van der Waals surface area contributed by atoms with Crippen molar-refractivity contribution < 1.29 is 19.0 Å². The number of aromatic amines is 1. The van der Waals surface area contributed by atoms with E-state index < -0.39 is 5.97 Å². The number of esters is 1. The van der Waals surface area contributed by atoms with Gasteiger partial charge in [-0.25, -0.2) is 4.79 Å². The van der Waals surface area contributed by atoms with Crippen LogP contribution in [0.4, 0.5) is 0 Å². The van der Waals surface area contributed by atoms with Gasteiger partial charge in [0, 0.05) is 18.1 Å². The first-order chi connectivity index (χ1) is 14.0. The number of benzene rings is 2. The highest BCUT2D eigenvalue weighted by molar-refractivity contribution is 6.12. The number of hydrogen-bond donors (Lipinski definition) is 1. The Bertz CT molecular complexity index is 1200. The van der Waals surface area contributed by atoms with E-state index in [0.29, 0.717) is 28.0 Å². The number of ketones is 1. The van der Waals surface area contributed by atoms with E-state index in [4.69, 9.17) is 4.74 Å². The molecule has 2 heterocycles. The van der Waals surface area contributed by atoms with Gasteiger partial charge >= 0.3 is 5.97 Å². The highest BCUT2D eigenvalue weighted by atomic mass is 16.5. The lowest BCUT2D eigenvalue weighted by Gasteiger charge is -2.02. The quantitative estimate of drug-likeness (QED) is 0.323. The average molecular weight is 388 g/mol. The number of rotatable bonds is 5. The summed E-state index contributed by atoms with van der Waals surface area (Å²) in [5.41, 5.74) is 3.45. The second kappa shape index (κ2) is 7.39. The SMILES string of the molecule is CCOC(=O)c1c(C)c(C(=O)c2ccccc2)n2c(C)[n+](-c3ccccc3)[nH]c12. The van der Waals surface area contributed by atoms with Gasteiger partial charge in [-0.05, 0) is 26.0 Å². The van der Waals surface area contributed by atoms with Gasteiger partial charge in [0.2, 0.25) is 5.78 Å². The van der Waals surface area contributed by atoms with Crippen molar-refractivity contribution in [2.45, 2.75) is 20.8 Å². The van der Waals surface area contributed by atoms with Crippen LogP contribution in [0.25, 0.3) is 11.3 Å². The summed E-state index contributed by atoms with van der Waals surface area (Å²) in [5.74, 6) is 0.191. The van der Waals surface area contributed by atoms with Crippen molar-refractivity contribution >= 4 is 17.4 Å². The normalized spacial score (nSPS) is 11.0. The first-order valence-corrected chi connectivity index (χ1v) is 9.52. The van der Waals surface area contributed by atoms with E-state index in [0.717, 1.165) is 11.5 Å². The molecule has 2 aromatic heterocycles. The maximum absolute atomic E-state index is 13.4. The molecule has 0 saturated carbocycles. The molecule has 0 radical (unpaired) electrons. The van der Waals surface area contributed by atoms with Crippen molar-refractivity contribution in [1.29, 1.82) is 0 Å². The third-order valence-electron chi connectivity index (χ3n) is 5.02. The van der Waals surface area contributed by atoms with E-state index in [1.807, 2.05) is 64.5 Å². The molecule has 0 bridgehead atoms. The molecule has 1 N–H and O–H groups in total. The number of para-hydroxylation sites is 1. The topological polar surface area (TPSA) is 67.5 Å². The number of nitrogens with zero attached hydrogens (tertiary/aromatic N) is 2. The van der Waals surface area contributed by atoms with Crippen LogP contribution in [0.5, 0.6) is 0 Å². The van der Waals surface area contributed by atoms with Gasteiger partial charge in [0.05, 0.1) is 6.61 Å². The first-order valence-electron chi connectivity index (χ1n) is 9.52. The summed E-state index contributed by atoms with van der Waals surface area (Å²) in [5, 5.41) is 3.28. The molecule has 4 aromatic rings. The molecule has 0 fully saturated rings. The Morgan fingerprint density at radius 1 is 1.00 bits per heavy atom. The number of nitrogens with one attached hydrogen (secondary N) is 1. The van der Waals surface area contributed by atoms with Crippen LogP contribution >= 0.6 is 0 Å². The fourth-order valence-electron chi connectivity index (χ4n) is 3.68. The number of fused-ring (bicyclic) bond motifs is 1. The average Bonchev–Trinajstić information content (AvgIpc) is 3.22. The molecule has 0 unspecified atom stereocenters. The van der Waals surface area contributed by atoms with Gasteiger partial charge in [-0.1, -0.05) is 48.5 Å². The zero-order chi connectivity index (χ0) is 20.5. The summed E-state index contributed by atoms with van der Waals surface area (Å²) >= 11 is 0. The monoisotopic (exact) mass is 388 g/mol. The van der Waals surface area contributed by atoms with Crippen molar-refractivity contribution in [3.63, 3.8) is 0 Å². The van der Waals surface area contributed by atoms with E-state index in [1.54, 1.807) is 26.0 Å². The number of hydrogen-bond acceptors (Lipinski definition) is 3. The molecule has 0 amide bonds. The van der Waals surface area contributed by atoms with Gasteiger partial charge < -0.3 is 4.74 Å². The van der Waals surface area contributed by atoms with Crippen molar-refractivity contribution in [2.24, 2.45) is 0 Å². The maximum Gasteiger partial charge on any atom is 0.344 e. The number of carbonyl (C=O) groups excluding carboxylic acids is 2. The van der Waals surface area contributed by atoms with Crippen molar-refractivity contribution in [3.8, 4) is 5.69 Å². The van der Waals surface area contributed by atoms with Gasteiger partial charge in [0.1, 0.15) is 5.56 Å². The molecule has 0 saturated heterocycles. The molecule has 29 heavy (non-hydrogen) atoms. The van der Waals surface area contributed by atoms with E-state index in [9.17, 15) is 9.59 Å². The summed E-state index contributed by atoms with van der Waals surface area (Å²) in [6.45, 7) is 5.72. The van der Waals surface area contributed by atoms with Crippen LogP contribution in [-0.2, 0) is 4.74 Å². The van der Waals surface area contributed by atoms with Crippen molar-refractivity contribution in [1.82, 2.24) is 9.50 Å². The van der Waals surface area contributed by atoms with Gasteiger partial charge in [-0.3, -0.25) is 4.79 Å². The summed E-state index contributed by atoms with van der Waals surface area (Å²) < 4.78 is 8.95. The fraction of sp³-hybridized carbons (Fsp3) is 0.174. The number of aromatic nitrogens is 3. The van der Waals surface area contributed by atoms with Crippen LogP contribution in [0.1, 0.15) is 44.7 Å². The van der Waals surface area contributed by atoms with Crippen LogP contribution in [0, 0.1) is 13.8 Å².